The van der Waals surface area contributed by atoms with Crippen LogP contribution in [0.1, 0.15) is 19.4 Å². The second kappa shape index (κ2) is 2.88. The van der Waals surface area contributed by atoms with E-state index < -0.39 is 0 Å². The van der Waals surface area contributed by atoms with Crippen molar-refractivity contribution in [1.29, 1.82) is 0 Å². The molecule has 1 aromatic rings. The number of halogens is 1. The Balaban J connectivity index is 2.55. The molecular weight excluding hydrogens is 228 g/mol. The van der Waals surface area contributed by atoms with Crippen LogP contribution in [0.2, 0.25) is 0 Å². The Labute approximate surface area is 86.5 Å². The highest BCUT2D eigenvalue weighted by Crippen LogP contribution is 2.38. The molecule has 0 fully saturated rings. The molecule has 0 aliphatic carbocycles. The maximum absolute atomic E-state index is 5.78. The van der Waals surface area contributed by atoms with E-state index in [1.807, 2.05) is 38.1 Å². The molecule has 13 heavy (non-hydrogen) atoms. The van der Waals surface area contributed by atoms with Gasteiger partial charge in [-0.25, -0.2) is 0 Å². The Morgan fingerprint density at radius 1 is 1.23 bits per heavy atom. The normalized spacial score (nSPS) is 18.5. The quantitative estimate of drug-likeness (QED) is 0.672. The van der Waals surface area contributed by atoms with E-state index in [0.717, 1.165) is 15.8 Å². The average molecular weight is 239 g/mol. The largest absolute Gasteiger partial charge is 0.483 e. The van der Waals surface area contributed by atoms with Crippen LogP contribution >= 0.6 is 15.9 Å². The zero-order valence-electron chi connectivity index (χ0n) is 7.67. The molecular formula is C11H11BrO. The summed E-state index contributed by atoms with van der Waals surface area (Å²) < 4.78 is 6.89. The summed E-state index contributed by atoms with van der Waals surface area (Å²) in [6.45, 7) is 4.09. The van der Waals surface area contributed by atoms with Crippen molar-refractivity contribution >= 4 is 20.4 Å². The molecule has 1 nitrogen and oxygen atoms in total. The first kappa shape index (κ1) is 8.82. The van der Waals surface area contributed by atoms with Crippen LogP contribution < -0.4 is 4.74 Å². The molecule has 0 spiro atoms. The fourth-order valence-corrected chi connectivity index (χ4v) is 2.33. The van der Waals surface area contributed by atoms with Crippen LogP contribution in [-0.2, 0) is 0 Å². The number of fused-ring (bicyclic) bond motifs is 1. The Morgan fingerprint density at radius 2 is 1.92 bits per heavy atom. The second-order valence-corrected chi connectivity index (χ2v) is 4.55. The molecule has 1 heterocycles. The molecule has 0 unspecified atom stereocenters. The first-order valence-corrected chi connectivity index (χ1v) is 5.04. The molecule has 0 atom stereocenters. The van der Waals surface area contributed by atoms with Crippen LogP contribution in [0.3, 0.4) is 0 Å². The SMILES string of the molecule is CC1(C)C=C(Br)c2ccccc2O1. The Bertz CT molecular complexity index is 366. The fourth-order valence-electron chi connectivity index (χ4n) is 1.45. The number of hydrogen-bond acceptors (Lipinski definition) is 1. The predicted molar refractivity (Wildman–Crippen MR) is 58.1 cm³/mol. The third kappa shape index (κ3) is 1.63. The van der Waals surface area contributed by atoms with E-state index in [1.165, 1.54) is 0 Å². The van der Waals surface area contributed by atoms with Crippen molar-refractivity contribution in [3.05, 3.63) is 35.9 Å². The van der Waals surface area contributed by atoms with Crippen molar-refractivity contribution in [2.45, 2.75) is 19.4 Å². The minimum atomic E-state index is -0.215. The van der Waals surface area contributed by atoms with Gasteiger partial charge in [-0.2, -0.15) is 0 Å². The molecule has 1 aliphatic heterocycles. The molecule has 68 valence electrons. The van der Waals surface area contributed by atoms with Gasteiger partial charge in [-0.1, -0.05) is 34.1 Å². The first-order chi connectivity index (χ1) is 6.08. The van der Waals surface area contributed by atoms with Gasteiger partial charge in [0.25, 0.3) is 0 Å². The van der Waals surface area contributed by atoms with E-state index in [1.54, 1.807) is 0 Å². The first-order valence-electron chi connectivity index (χ1n) is 4.25. The number of ether oxygens (including phenoxy) is 1. The van der Waals surface area contributed by atoms with Crippen molar-refractivity contribution < 1.29 is 4.74 Å². The van der Waals surface area contributed by atoms with Crippen molar-refractivity contribution in [2.24, 2.45) is 0 Å². The number of para-hydroxylation sites is 1. The van der Waals surface area contributed by atoms with Crippen molar-refractivity contribution in [3.63, 3.8) is 0 Å². The minimum Gasteiger partial charge on any atom is -0.483 e. The summed E-state index contributed by atoms with van der Waals surface area (Å²) in [6.07, 6.45) is 2.08. The molecule has 2 heteroatoms. The molecule has 0 saturated heterocycles. The van der Waals surface area contributed by atoms with E-state index in [9.17, 15) is 0 Å². The lowest BCUT2D eigenvalue weighted by Gasteiger charge is -2.29. The summed E-state index contributed by atoms with van der Waals surface area (Å²) in [5.74, 6) is 0.946. The molecule has 0 aromatic heterocycles. The van der Waals surface area contributed by atoms with Crippen molar-refractivity contribution in [2.75, 3.05) is 0 Å². The summed E-state index contributed by atoms with van der Waals surface area (Å²) in [4.78, 5) is 0. The monoisotopic (exact) mass is 238 g/mol. The topological polar surface area (TPSA) is 9.23 Å². The molecule has 0 bridgehead atoms. The van der Waals surface area contributed by atoms with E-state index >= 15 is 0 Å². The lowest BCUT2D eigenvalue weighted by Crippen LogP contribution is -2.28. The van der Waals surface area contributed by atoms with E-state index in [2.05, 4.69) is 22.0 Å². The molecule has 1 aromatic carbocycles. The Hall–Kier alpha value is -0.760. The summed E-state index contributed by atoms with van der Waals surface area (Å²) in [5.41, 5.74) is 0.912. The zero-order valence-corrected chi connectivity index (χ0v) is 9.26. The van der Waals surface area contributed by atoms with Crippen LogP contribution in [0, 0.1) is 0 Å². The van der Waals surface area contributed by atoms with Gasteiger partial charge < -0.3 is 4.74 Å². The van der Waals surface area contributed by atoms with E-state index in [4.69, 9.17) is 4.74 Å². The fraction of sp³-hybridized carbons (Fsp3) is 0.273. The maximum atomic E-state index is 5.78. The molecule has 1 aliphatic rings. The highest BCUT2D eigenvalue weighted by atomic mass is 79.9. The average Bonchev–Trinajstić information content (AvgIpc) is 2.02. The third-order valence-corrected chi connectivity index (χ3v) is 2.65. The standard InChI is InChI=1S/C11H11BrO/c1-11(2)7-9(12)8-5-3-4-6-10(8)13-11/h3-7H,1-2H3. The van der Waals surface area contributed by atoms with E-state index in [-0.39, 0.29) is 5.60 Å². The number of benzene rings is 1. The molecule has 0 amide bonds. The van der Waals surface area contributed by atoms with Crippen LogP contribution in [0.15, 0.2) is 30.3 Å². The molecule has 2 rings (SSSR count). The number of rotatable bonds is 0. The van der Waals surface area contributed by atoms with Crippen molar-refractivity contribution in [3.8, 4) is 5.75 Å². The third-order valence-electron chi connectivity index (χ3n) is 1.99. The molecule has 0 radical (unpaired) electrons. The highest BCUT2D eigenvalue weighted by Gasteiger charge is 2.24. The summed E-state index contributed by atoms with van der Waals surface area (Å²) >= 11 is 3.54. The lowest BCUT2D eigenvalue weighted by molar-refractivity contribution is 0.159. The minimum absolute atomic E-state index is 0.215. The highest BCUT2D eigenvalue weighted by molar-refractivity contribution is 9.15. The van der Waals surface area contributed by atoms with E-state index in [0.29, 0.717) is 0 Å². The van der Waals surface area contributed by atoms with Gasteiger partial charge in [0, 0.05) is 10.0 Å². The Morgan fingerprint density at radius 3 is 2.69 bits per heavy atom. The van der Waals surface area contributed by atoms with Gasteiger partial charge >= 0.3 is 0 Å². The summed E-state index contributed by atoms with van der Waals surface area (Å²) in [7, 11) is 0. The lowest BCUT2D eigenvalue weighted by atomic mass is 10.0. The van der Waals surface area contributed by atoms with Crippen LogP contribution in [0.5, 0.6) is 5.75 Å². The summed E-state index contributed by atoms with van der Waals surface area (Å²) in [6, 6.07) is 8.03. The van der Waals surface area contributed by atoms with Gasteiger partial charge in [0.15, 0.2) is 0 Å². The van der Waals surface area contributed by atoms with Crippen LogP contribution in [-0.4, -0.2) is 5.60 Å². The van der Waals surface area contributed by atoms with Gasteiger partial charge in [-0.3, -0.25) is 0 Å². The van der Waals surface area contributed by atoms with Gasteiger partial charge in [-0.05, 0) is 26.0 Å². The van der Waals surface area contributed by atoms with Crippen LogP contribution in [0.4, 0.5) is 0 Å². The van der Waals surface area contributed by atoms with Crippen LogP contribution in [0.25, 0.3) is 4.48 Å². The number of hydrogen-bond donors (Lipinski definition) is 0. The molecule has 0 N–H and O–H groups in total. The summed E-state index contributed by atoms with van der Waals surface area (Å²) in [5, 5.41) is 0. The van der Waals surface area contributed by atoms with Gasteiger partial charge in [0.2, 0.25) is 0 Å². The maximum Gasteiger partial charge on any atom is 0.128 e. The molecule has 0 saturated carbocycles. The van der Waals surface area contributed by atoms with Gasteiger partial charge in [0.1, 0.15) is 11.4 Å². The predicted octanol–water partition coefficient (Wildman–Crippen LogP) is 3.59. The smallest absolute Gasteiger partial charge is 0.128 e. The van der Waals surface area contributed by atoms with Gasteiger partial charge in [-0.15, -0.1) is 0 Å². The van der Waals surface area contributed by atoms with Gasteiger partial charge in [0.05, 0.1) is 0 Å². The Kier molecular flexibility index (Phi) is 1.95. The zero-order chi connectivity index (χ0) is 9.47. The van der Waals surface area contributed by atoms with Crippen molar-refractivity contribution in [1.82, 2.24) is 0 Å². The second-order valence-electron chi connectivity index (χ2n) is 3.69.